The van der Waals surface area contributed by atoms with Gasteiger partial charge in [0.25, 0.3) is 0 Å². The van der Waals surface area contributed by atoms with Crippen molar-refractivity contribution in [2.75, 3.05) is 18.0 Å². The molecule has 1 aliphatic carbocycles. The van der Waals surface area contributed by atoms with E-state index in [1.54, 1.807) is 0 Å². The molecule has 108 valence electrons. The molecule has 1 aliphatic heterocycles. The van der Waals surface area contributed by atoms with Crippen LogP contribution in [-0.2, 0) is 0 Å². The highest BCUT2D eigenvalue weighted by atomic mass is 15.3. The molecule has 4 rings (SSSR count). The number of hydrogen-bond donors (Lipinski definition) is 0. The Balaban J connectivity index is 1.45. The van der Waals surface area contributed by atoms with E-state index in [1.807, 2.05) is 32.4 Å². The predicted molar refractivity (Wildman–Crippen MR) is 80.5 cm³/mol. The van der Waals surface area contributed by atoms with E-state index < -0.39 is 0 Å². The number of nitrogens with zero attached hydrogens (tertiary/aromatic N) is 5. The van der Waals surface area contributed by atoms with Gasteiger partial charge in [0.2, 0.25) is 0 Å². The lowest BCUT2D eigenvalue weighted by Gasteiger charge is -2.39. The quantitative estimate of drug-likeness (QED) is 0.864. The average molecular weight is 281 g/mol. The molecule has 2 aliphatic rings. The Bertz CT molecular complexity index is 657. The van der Waals surface area contributed by atoms with Crippen molar-refractivity contribution in [2.45, 2.75) is 38.5 Å². The van der Waals surface area contributed by atoms with Crippen LogP contribution < -0.4 is 4.90 Å². The van der Waals surface area contributed by atoms with E-state index in [9.17, 15) is 0 Å². The SMILES string of the molecule is Cc1cnc(C)c(N2CC(c3ncc(C4CC4)cn3)C2)n1. The van der Waals surface area contributed by atoms with Gasteiger partial charge in [-0.1, -0.05) is 0 Å². The summed E-state index contributed by atoms with van der Waals surface area (Å²) in [5, 5.41) is 0. The molecule has 0 atom stereocenters. The molecule has 0 N–H and O–H groups in total. The first-order chi connectivity index (χ1) is 10.2. The highest BCUT2D eigenvalue weighted by Gasteiger charge is 2.33. The van der Waals surface area contributed by atoms with E-state index in [-0.39, 0.29) is 0 Å². The maximum absolute atomic E-state index is 4.59. The zero-order chi connectivity index (χ0) is 14.4. The van der Waals surface area contributed by atoms with E-state index in [4.69, 9.17) is 0 Å². The second-order valence-electron chi connectivity index (χ2n) is 6.17. The van der Waals surface area contributed by atoms with E-state index in [0.717, 1.165) is 42.0 Å². The third-order valence-corrected chi connectivity index (χ3v) is 4.34. The van der Waals surface area contributed by atoms with E-state index in [0.29, 0.717) is 5.92 Å². The van der Waals surface area contributed by atoms with Gasteiger partial charge in [0.1, 0.15) is 11.6 Å². The molecule has 0 unspecified atom stereocenters. The van der Waals surface area contributed by atoms with Crippen molar-refractivity contribution in [1.82, 2.24) is 19.9 Å². The maximum atomic E-state index is 4.59. The Morgan fingerprint density at radius 2 is 1.67 bits per heavy atom. The molecule has 0 spiro atoms. The van der Waals surface area contributed by atoms with Gasteiger partial charge >= 0.3 is 0 Å². The molecule has 21 heavy (non-hydrogen) atoms. The summed E-state index contributed by atoms with van der Waals surface area (Å²) in [7, 11) is 0. The Morgan fingerprint density at radius 1 is 0.952 bits per heavy atom. The zero-order valence-corrected chi connectivity index (χ0v) is 12.5. The second-order valence-corrected chi connectivity index (χ2v) is 6.17. The summed E-state index contributed by atoms with van der Waals surface area (Å²) in [5.41, 5.74) is 3.25. The van der Waals surface area contributed by atoms with E-state index in [2.05, 4.69) is 24.8 Å². The molecule has 0 amide bonds. The normalized spacial score (nSPS) is 18.7. The summed E-state index contributed by atoms with van der Waals surface area (Å²) >= 11 is 0. The third-order valence-electron chi connectivity index (χ3n) is 4.34. The molecule has 5 heteroatoms. The second kappa shape index (κ2) is 4.76. The van der Waals surface area contributed by atoms with E-state index in [1.165, 1.54) is 18.4 Å². The van der Waals surface area contributed by atoms with Crippen LogP contribution in [0.15, 0.2) is 18.6 Å². The minimum Gasteiger partial charge on any atom is -0.354 e. The van der Waals surface area contributed by atoms with Gasteiger partial charge in [-0.15, -0.1) is 0 Å². The lowest BCUT2D eigenvalue weighted by atomic mass is 9.99. The summed E-state index contributed by atoms with van der Waals surface area (Å²) in [6.07, 6.45) is 8.44. The van der Waals surface area contributed by atoms with Crippen molar-refractivity contribution >= 4 is 5.82 Å². The van der Waals surface area contributed by atoms with Gasteiger partial charge < -0.3 is 4.90 Å². The van der Waals surface area contributed by atoms with E-state index >= 15 is 0 Å². The first kappa shape index (κ1) is 12.7. The summed E-state index contributed by atoms with van der Waals surface area (Å²) in [4.78, 5) is 20.3. The number of aryl methyl sites for hydroxylation is 2. The Hall–Kier alpha value is -2.04. The van der Waals surface area contributed by atoms with Crippen LogP contribution in [0.3, 0.4) is 0 Å². The van der Waals surface area contributed by atoms with Crippen LogP contribution in [0.5, 0.6) is 0 Å². The Morgan fingerprint density at radius 3 is 2.33 bits per heavy atom. The molecule has 0 bridgehead atoms. The lowest BCUT2D eigenvalue weighted by Crippen LogP contribution is -2.46. The summed E-state index contributed by atoms with van der Waals surface area (Å²) in [6.45, 7) is 5.85. The van der Waals surface area contributed by atoms with Crippen molar-refractivity contribution in [2.24, 2.45) is 0 Å². The highest BCUT2D eigenvalue weighted by Crippen LogP contribution is 2.39. The van der Waals surface area contributed by atoms with Gasteiger partial charge in [-0.05, 0) is 38.2 Å². The van der Waals surface area contributed by atoms with Crippen molar-refractivity contribution in [3.8, 4) is 0 Å². The zero-order valence-electron chi connectivity index (χ0n) is 12.5. The fraction of sp³-hybridized carbons (Fsp3) is 0.500. The summed E-state index contributed by atoms with van der Waals surface area (Å²) in [5.74, 6) is 3.11. The molecular formula is C16H19N5. The minimum atomic E-state index is 0.417. The van der Waals surface area contributed by atoms with Crippen LogP contribution in [0.25, 0.3) is 0 Å². The summed E-state index contributed by atoms with van der Waals surface area (Å²) < 4.78 is 0. The molecule has 1 saturated heterocycles. The van der Waals surface area contributed by atoms with Gasteiger partial charge in [-0.2, -0.15) is 0 Å². The molecule has 3 heterocycles. The molecule has 5 nitrogen and oxygen atoms in total. The van der Waals surface area contributed by atoms with Gasteiger partial charge in [0, 0.05) is 31.7 Å². The van der Waals surface area contributed by atoms with Gasteiger partial charge in [0.15, 0.2) is 0 Å². The first-order valence-corrected chi connectivity index (χ1v) is 7.58. The fourth-order valence-corrected chi connectivity index (χ4v) is 2.83. The largest absolute Gasteiger partial charge is 0.354 e. The maximum Gasteiger partial charge on any atom is 0.150 e. The number of rotatable bonds is 3. The molecule has 2 fully saturated rings. The van der Waals surface area contributed by atoms with Gasteiger partial charge in [0.05, 0.1) is 17.3 Å². The average Bonchev–Trinajstić information content (AvgIpc) is 3.26. The minimum absolute atomic E-state index is 0.417. The Labute approximate surface area is 124 Å². The number of anilines is 1. The fourth-order valence-electron chi connectivity index (χ4n) is 2.83. The van der Waals surface area contributed by atoms with Crippen LogP contribution in [0.2, 0.25) is 0 Å². The summed E-state index contributed by atoms with van der Waals surface area (Å²) in [6, 6.07) is 0. The molecular weight excluding hydrogens is 262 g/mol. The van der Waals surface area contributed by atoms with Crippen molar-refractivity contribution < 1.29 is 0 Å². The number of aromatic nitrogens is 4. The van der Waals surface area contributed by atoms with Crippen molar-refractivity contribution in [3.05, 3.63) is 41.4 Å². The first-order valence-electron chi connectivity index (χ1n) is 7.58. The van der Waals surface area contributed by atoms with Crippen molar-refractivity contribution in [3.63, 3.8) is 0 Å². The Kier molecular flexibility index (Phi) is 2.87. The predicted octanol–water partition coefficient (Wildman–Crippen LogP) is 2.36. The van der Waals surface area contributed by atoms with Crippen LogP contribution >= 0.6 is 0 Å². The molecule has 0 aromatic carbocycles. The molecule has 2 aromatic rings. The topological polar surface area (TPSA) is 54.8 Å². The van der Waals surface area contributed by atoms with Crippen molar-refractivity contribution in [1.29, 1.82) is 0 Å². The van der Waals surface area contributed by atoms with Gasteiger partial charge in [-0.3, -0.25) is 4.98 Å². The van der Waals surface area contributed by atoms with Crippen LogP contribution in [0.1, 0.15) is 47.5 Å². The monoisotopic (exact) mass is 281 g/mol. The number of hydrogen-bond acceptors (Lipinski definition) is 5. The standard InChI is InChI=1S/C16H19N5/c1-10-5-17-11(2)16(20-10)21-8-14(9-21)15-18-6-13(7-19-15)12-3-4-12/h5-7,12,14H,3-4,8-9H2,1-2H3. The third kappa shape index (κ3) is 2.37. The van der Waals surface area contributed by atoms with Crippen LogP contribution in [0.4, 0.5) is 5.82 Å². The van der Waals surface area contributed by atoms with Gasteiger partial charge in [-0.25, -0.2) is 15.0 Å². The smallest absolute Gasteiger partial charge is 0.150 e. The van der Waals surface area contributed by atoms with Crippen LogP contribution in [-0.4, -0.2) is 33.0 Å². The van der Waals surface area contributed by atoms with Crippen LogP contribution in [0, 0.1) is 13.8 Å². The molecule has 2 aromatic heterocycles. The molecule has 0 radical (unpaired) electrons. The molecule has 1 saturated carbocycles. The highest BCUT2D eigenvalue weighted by molar-refractivity contribution is 5.47. The lowest BCUT2D eigenvalue weighted by molar-refractivity contribution is 0.493.